The molecule has 2 heterocycles. The lowest BCUT2D eigenvalue weighted by Crippen LogP contribution is -2.42. The molecule has 106 valence electrons. The van der Waals surface area contributed by atoms with Gasteiger partial charge in [0.2, 0.25) is 5.91 Å². The van der Waals surface area contributed by atoms with Crippen LogP contribution in [0, 0.1) is 0 Å². The van der Waals surface area contributed by atoms with Gasteiger partial charge in [0.25, 0.3) is 5.22 Å². The standard InChI is InChI=1S/C14H16N2O3S/c17-10-4-3-7-16(8-10)13(18)9-20-14-15-11-5-1-2-6-12(11)19-14/h1-2,5-6,10,17H,3-4,7-9H2. The number of hydrogen-bond acceptors (Lipinski definition) is 5. The Hall–Kier alpha value is -1.53. The number of nitrogens with zero attached hydrogens (tertiary/aromatic N) is 2. The molecule has 6 heteroatoms. The molecular weight excluding hydrogens is 276 g/mol. The van der Waals surface area contributed by atoms with Gasteiger partial charge in [-0.25, -0.2) is 4.98 Å². The van der Waals surface area contributed by atoms with Crippen LogP contribution in [0.2, 0.25) is 0 Å². The second kappa shape index (κ2) is 5.85. The minimum Gasteiger partial charge on any atom is -0.431 e. The molecule has 3 rings (SSSR count). The molecule has 1 amide bonds. The Kier molecular flexibility index (Phi) is 3.93. The first-order chi connectivity index (χ1) is 9.72. The number of likely N-dealkylation sites (tertiary alicyclic amines) is 1. The Bertz CT molecular complexity index is 580. The number of para-hydroxylation sites is 2. The van der Waals surface area contributed by atoms with Gasteiger partial charge in [-0.15, -0.1) is 0 Å². The highest BCUT2D eigenvalue weighted by atomic mass is 32.2. The van der Waals surface area contributed by atoms with Gasteiger partial charge in [0.05, 0.1) is 11.9 Å². The van der Waals surface area contributed by atoms with Crippen molar-refractivity contribution in [2.24, 2.45) is 0 Å². The van der Waals surface area contributed by atoms with E-state index in [4.69, 9.17) is 4.42 Å². The minimum atomic E-state index is -0.387. The number of carbonyl (C=O) groups is 1. The fourth-order valence-corrected chi connectivity index (χ4v) is 3.05. The minimum absolute atomic E-state index is 0.0241. The molecule has 1 N–H and O–H groups in total. The molecule has 1 unspecified atom stereocenters. The number of carbonyl (C=O) groups excluding carboxylic acids is 1. The number of fused-ring (bicyclic) bond motifs is 1. The van der Waals surface area contributed by atoms with Crippen molar-refractivity contribution in [3.05, 3.63) is 24.3 Å². The average molecular weight is 292 g/mol. The predicted octanol–water partition coefficient (Wildman–Crippen LogP) is 1.90. The molecule has 1 aliphatic heterocycles. The van der Waals surface area contributed by atoms with Gasteiger partial charge in [-0.2, -0.15) is 0 Å². The number of aliphatic hydroxyl groups excluding tert-OH is 1. The smallest absolute Gasteiger partial charge is 0.257 e. The van der Waals surface area contributed by atoms with Crippen LogP contribution in [-0.4, -0.2) is 45.8 Å². The summed E-state index contributed by atoms with van der Waals surface area (Å²) in [5.41, 5.74) is 1.53. The number of thioether (sulfide) groups is 1. The Balaban J connectivity index is 1.59. The first kappa shape index (κ1) is 13.5. The quantitative estimate of drug-likeness (QED) is 0.875. The molecule has 1 aromatic heterocycles. The van der Waals surface area contributed by atoms with E-state index >= 15 is 0 Å². The lowest BCUT2D eigenvalue weighted by atomic mass is 10.1. The zero-order chi connectivity index (χ0) is 13.9. The van der Waals surface area contributed by atoms with E-state index < -0.39 is 0 Å². The van der Waals surface area contributed by atoms with Crippen LogP contribution in [0.25, 0.3) is 11.1 Å². The van der Waals surface area contributed by atoms with Crippen LogP contribution < -0.4 is 0 Å². The molecule has 0 aliphatic carbocycles. The highest BCUT2D eigenvalue weighted by Crippen LogP contribution is 2.23. The number of benzene rings is 1. The number of aromatic nitrogens is 1. The van der Waals surface area contributed by atoms with Crippen LogP contribution >= 0.6 is 11.8 Å². The Morgan fingerprint density at radius 2 is 2.35 bits per heavy atom. The summed E-state index contributed by atoms with van der Waals surface area (Å²) in [6, 6.07) is 7.53. The normalized spacial score (nSPS) is 19.4. The fourth-order valence-electron chi connectivity index (χ4n) is 2.31. The molecule has 1 saturated heterocycles. The Labute approximate surface area is 121 Å². The van der Waals surface area contributed by atoms with Crippen molar-refractivity contribution < 1.29 is 14.3 Å². The van der Waals surface area contributed by atoms with E-state index in [0.29, 0.717) is 17.5 Å². The third-order valence-electron chi connectivity index (χ3n) is 3.34. The maximum atomic E-state index is 12.1. The Morgan fingerprint density at radius 1 is 1.50 bits per heavy atom. The highest BCUT2D eigenvalue weighted by molar-refractivity contribution is 7.99. The number of rotatable bonds is 3. The summed E-state index contributed by atoms with van der Waals surface area (Å²) in [5, 5.41) is 10.1. The van der Waals surface area contributed by atoms with Crippen molar-refractivity contribution in [1.82, 2.24) is 9.88 Å². The number of β-amino-alcohol motifs (C(OH)–C–C–N with tert-alkyl or cyclic N) is 1. The van der Waals surface area contributed by atoms with E-state index in [1.165, 1.54) is 11.8 Å². The van der Waals surface area contributed by atoms with Crippen LogP contribution in [0.3, 0.4) is 0 Å². The summed E-state index contributed by atoms with van der Waals surface area (Å²) >= 11 is 1.30. The third-order valence-corrected chi connectivity index (χ3v) is 4.16. The van der Waals surface area contributed by atoms with Gasteiger partial charge < -0.3 is 14.4 Å². The second-order valence-electron chi connectivity index (χ2n) is 4.87. The molecule has 5 nitrogen and oxygen atoms in total. The van der Waals surface area contributed by atoms with Crippen molar-refractivity contribution >= 4 is 28.8 Å². The van der Waals surface area contributed by atoms with Crippen LogP contribution in [0.5, 0.6) is 0 Å². The predicted molar refractivity (Wildman–Crippen MR) is 76.6 cm³/mol. The van der Waals surface area contributed by atoms with Crippen LogP contribution in [-0.2, 0) is 4.79 Å². The van der Waals surface area contributed by atoms with Crippen molar-refractivity contribution in [2.45, 2.75) is 24.2 Å². The molecule has 20 heavy (non-hydrogen) atoms. The number of oxazole rings is 1. The molecule has 1 atom stereocenters. The maximum absolute atomic E-state index is 12.1. The van der Waals surface area contributed by atoms with Gasteiger partial charge in [0.1, 0.15) is 5.52 Å². The monoisotopic (exact) mass is 292 g/mol. The molecule has 2 aromatic rings. The van der Waals surface area contributed by atoms with Crippen molar-refractivity contribution in [1.29, 1.82) is 0 Å². The molecule has 0 spiro atoms. The van der Waals surface area contributed by atoms with E-state index in [0.717, 1.165) is 30.5 Å². The summed E-state index contributed by atoms with van der Waals surface area (Å²) in [6.45, 7) is 1.16. The SMILES string of the molecule is O=C(CSc1nc2ccccc2o1)N1CCCC(O)C1. The van der Waals surface area contributed by atoms with Gasteiger partial charge in [0, 0.05) is 13.1 Å². The zero-order valence-electron chi connectivity index (χ0n) is 11.0. The molecule has 1 fully saturated rings. The molecule has 1 aromatic carbocycles. The van der Waals surface area contributed by atoms with Gasteiger partial charge in [-0.1, -0.05) is 23.9 Å². The van der Waals surface area contributed by atoms with E-state index in [1.54, 1.807) is 4.90 Å². The summed E-state index contributed by atoms with van der Waals surface area (Å²) in [4.78, 5) is 18.1. The number of hydrogen-bond donors (Lipinski definition) is 1. The molecule has 1 aliphatic rings. The summed E-state index contributed by atoms with van der Waals surface area (Å²) in [7, 11) is 0. The van der Waals surface area contributed by atoms with Crippen molar-refractivity contribution in [3.8, 4) is 0 Å². The number of amides is 1. The first-order valence-electron chi connectivity index (χ1n) is 6.66. The lowest BCUT2D eigenvalue weighted by Gasteiger charge is -2.29. The number of aliphatic hydroxyl groups is 1. The summed E-state index contributed by atoms with van der Waals surface area (Å²) < 4.78 is 5.56. The molecule has 0 bridgehead atoms. The van der Waals surface area contributed by atoms with E-state index in [-0.39, 0.29) is 12.0 Å². The van der Waals surface area contributed by atoms with Gasteiger partial charge in [0.15, 0.2) is 5.58 Å². The molecule has 0 radical (unpaired) electrons. The zero-order valence-corrected chi connectivity index (χ0v) is 11.8. The molecular formula is C14H16N2O3S. The van der Waals surface area contributed by atoms with Gasteiger partial charge in [-0.05, 0) is 25.0 Å². The fraction of sp³-hybridized carbons (Fsp3) is 0.429. The Morgan fingerprint density at radius 3 is 3.15 bits per heavy atom. The van der Waals surface area contributed by atoms with Crippen LogP contribution in [0.4, 0.5) is 0 Å². The summed E-state index contributed by atoms with van der Waals surface area (Å²) in [6.07, 6.45) is 1.25. The van der Waals surface area contributed by atoms with E-state index in [2.05, 4.69) is 4.98 Å². The van der Waals surface area contributed by atoms with E-state index in [9.17, 15) is 9.90 Å². The van der Waals surface area contributed by atoms with E-state index in [1.807, 2.05) is 24.3 Å². The van der Waals surface area contributed by atoms with Crippen molar-refractivity contribution in [3.63, 3.8) is 0 Å². The number of piperidine rings is 1. The third kappa shape index (κ3) is 2.96. The topological polar surface area (TPSA) is 66.6 Å². The van der Waals surface area contributed by atoms with Crippen molar-refractivity contribution in [2.75, 3.05) is 18.8 Å². The molecule has 0 saturated carbocycles. The second-order valence-corrected chi connectivity index (χ2v) is 5.80. The first-order valence-corrected chi connectivity index (χ1v) is 7.65. The summed E-state index contributed by atoms with van der Waals surface area (Å²) in [5.74, 6) is 0.315. The maximum Gasteiger partial charge on any atom is 0.257 e. The van der Waals surface area contributed by atoms with Gasteiger partial charge >= 0.3 is 0 Å². The van der Waals surface area contributed by atoms with Gasteiger partial charge in [-0.3, -0.25) is 4.79 Å². The average Bonchev–Trinajstić information content (AvgIpc) is 2.87. The lowest BCUT2D eigenvalue weighted by molar-refractivity contribution is -0.131. The van der Waals surface area contributed by atoms with Crippen LogP contribution in [0.15, 0.2) is 33.9 Å². The largest absolute Gasteiger partial charge is 0.431 e. The van der Waals surface area contributed by atoms with Crippen LogP contribution in [0.1, 0.15) is 12.8 Å². The highest BCUT2D eigenvalue weighted by Gasteiger charge is 2.22.